The summed E-state index contributed by atoms with van der Waals surface area (Å²) in [6.07, 6.45) is 1.19. The lowest BCUT2D eigenvalue weighted by atomic mass is 9.97. The van der Waals surface area contributed by atoms with Crippen molar-refractivity contribution in [2.45, 2.75) is 24.7 Å². The highest BCUT2D eigenvalue weighted by Crippen LogP contribution is 2.21. The fourth-order valence-electron chi connectivity index (χ4n) is 2.60. The molecule has 0 spiro atoms. The zero-order valence-corrected chi connectivity index (χ0v) is 16.1. The number of hydrogen-bond acceptors (Lipinski definition) is 4. The fraction of sp³-hybridized carbons (Fsp3) is 0.562. The summed E-state index contributed by atoms with van der Waals surface area (Å²) in [7, 11) is -3.14. The van der Waals surface area contributed by atoms with E-state index >= 15 is 0 Å². The Bertz CT molecular complexity index is 642. The Labute approximate surface area is 153 Å². The van der Waals surface area contributed by atoms with Crippen molar-refractivity contribution in [1.29, 1.82) is 0 Å². The number of nitrogens with one attached hydrogen (secondary N) is 1. The van der Waals surface area contributed by atoms with Crippen LogP contribution >= 0.6 is 23.4 Å². The highest BCUT2D eigenvalue weighted by atomic mass is 35.5. The van der Waals surface area contributed by atoms with Crippen molar-refractivity contribution >= 4 is 39.3 Å². The Morgan fingerprint density at radius 2 is 1.92 bits per heavy atom. The molecule has 1 fully saturated rings. The van der Waals surface area contributed by atoms with E-state index in [-0.39, 0.29) is 17.6 Å². The standard InChI is InChI=1S/C16H23ClN2O3S2/c1-2-24(21,22)19-10-7-13(8-11-19)16(20)18-9-12-23-15-5-3-14(17)4-6-15/h3-6,13H,2,7-12H2,1H3,(H,18,20). The number of halogens is 1. The predicted molar refractivity (Wildman–Crippen MR) is 98.9 cm³/mol. The SMILES string of the molecule is CCS(=O)(=O)N1CCC(C(=O)NCCSc2ccc(Cl)cc2)CC1. The highest BCUT2D eigenvalue weighted by Gasteiger charge is 2.29. The molecule has 1 aromatic rings. The summed E-state index contributed by atoms with van der Waals surface area (Å²) in [5.74, 6) is 0.844. The van der Waals surface area contributed by atoms with E-state index in [0.29, 0.717) is 37.5 Å². The van der Waals surface area contributed by atoms with E-state index in [1.54, 1.807) is 18.7 Å². The third kappa shape index (κ3) is 5.65. The first-order valence-corrected chi connectivity index (χ1v) is 11.0. The van der Waals surface area contributed by atoms with E-state index < -0.39 is 10.0 Å². The van der Waals surface area contributed by atoms with Crippen molar-refractivity contribution in [3.63, 3.8) is 0 Å². The Morgan fingerprint density at radius 3 is 2.50 bits per heavy atom. The average molecular weight is 391 g/mol. The van der Waals surface area contributed by atoms with Gasteiger partial charge in [-0.3, -0.25) is 4.79 Å². The van der Waals surface area contributed by atoms with Crippen LogP contribution in [0.5, 0.6) is 0 Å². The number of nitrogens with zero attached hydrogens (tertiary/aromatic N) is 1. The van der Waals surface area contributed by atoms with Gasteiger partial charge in [0.1, 0.15) is 0 Å². The van der Waals surface area contributed by atoms with Crippen LogP contribution in [0.3, 0.4) is 0 Å². The third-order valence-corrected chi connectivity index (χ3v) is 7.21. The number of carbonyl (C=O) groups excluding carboxylic acids is 1. The van der Waals surface area contributed by atoms with E-state index in [1.165, 1.54) is 4.31 Å². The molecule has 1 heterocycles. The summed E-state index contributed by atoms with van der Waals surface area (Å²) < 4.78 is 25.1. The highest BCUT2D eigenvalue weighted by molar-refractivity contribution is 7.99. The van der Waals surface area contributed by atoms with Crippen molar-refractivity contribution in [2.24, 2.45) is 5.92 Å². The van der Waals surface area contributed by atoms with Gasteiger partial charge in [-0.15, -0.1) is 11.8 Å². The van der Waals surface area contributed by atoms with Crippen molar-refractivity contribution in [3.8, 4) is 0 Å². The quantitative estimate of drug-likeness (QED) is 0.574. The van der Waals surface area contributed by atoms with Gasteiger partial charge in [0.15, 0.2) is 0 Å². The second kappa shape index (κ2) is 9.08. The smallest absolute Gasteiger partial charge is 0.223 e. The number of amides is 1. The molecule has 134 valence electrons. The maximum absolute atomic E-state index is 12.2. The van der Waals surface area contributed by atoms with Crippen molar-refractivity contribution in [3.05, 3.63) is 29.3 Å². The Morgan fingerprint density at radius 1 is 1.29 bits per heavy atom. The molecule has 1 N–H and O–H groups in total. The van der Waals surface area contributed by atoms with E-state index in [4.69, 9.17) is 11.6 Å². The van der Waals surface area contributed by atoms with Crippen LogP contribution in [0.25, 0.3) is 0 Å². The van der Waals surface area contributed by atoms with Crippen LogP contribution in [-0.4, -0.2) is 49.8 Å². The number of thioether (sulfide) groups is 1. The van der Waals surface area contributed by atoms with E-state index in [9.17, 15) is 13.2 Å². The Balaban J connectivity index is 1.67. The molecule has 1 saturated heterocycles. The molecule has 0 aliphatic carbocycles. The normalized spacial score (nSPS) is 16.9. The molecule has 8 heteroatoms. The average Bonchev–Trinajstić information content (AvgIpc) is 2.60. The molecule has 0 bridgehead atoms. The Hall–Kier alpha value is -0.760. The van der Waals surface area contributed by atoms with Crippen molar-refractivity contribution in [1.82, 2.24) is 9.62 Å². The topological polar surface area (TPSA) is 66.5 Å². The molecule has 1 aromatic carbocycles. The number of rotatable bonds is 7. The van der Waals surface area contributed by atoms with Crippen LogP contribution in [-0.2, 0) is 14.8 Å². The van der Waals surface area contributed by atoms with Gasteiger partial charge in [0, 0.05) is 41.2 Å². The van der Waals surface area contributed by atoms with Gasteiger partial charge < -0.3 is 5.32 Å². The van der Waals surface area contributed by atoms with Gasteiger partial charge in [-0.25, -0.2) is 12.7 Å². The van der Waals surface area contributed by atoms with Gasteiger partial charge in [-0.1, -0.05) is 11.6 Å². The van der Waals surface area contributed by atoms with Crippen LogP contribution in [0.4, 0.5) is 0 Å². The van der Waals surface area contributed by atoms with Crippen LogP contribution in [0.1, 0.15) is 19.8 Å². The zero-order valence-electron chi connectivity index (χ0n) is 13.7. The molecule has 1 aliphatic rings. The maximum Gasteiger partial charge on any atom is 0.223 e. The molecule has 1 aliphatic heterocycles. The number of hydrogen-bond donors (Lipinski definition) is 1. The minimum Gasteiger partial charge on any atom is -0.355 e. The summed E-state index contributed by atoms with van der Waals surface area (Å²) in [6, 6.07) is 7.61. The summed E-state index contributed by atoms with van der Waals surface area (Å²) >= 11 is 7.50. The number of piperidine rings is 1. The lowest BCUT2D eigenvalue weighted by Gasteiger charge is -2.30. The first-order valence-electron chi connectivity index (χ1n) is 8.06. The van der Waals surface area contributed by atoms with E-state index in [2.05, 4.69) is 5.32 Å². The fourth-order valence-corrected chi connectivity index (χ4v) is 4.62. The van der Waals surface area contributed by atoms with Gasteiger partial charge in [-0.05, 0) is 44.0 Å². The predicted octanol–water partition coefficient (Wildman–Crippen LogP) is 2.61. The Kier molecular flexibility index (Phi) is 7.40. The molecule has 5 nitrogen and oxygen atoms in total. The van der Waals surface area contributed by atoms with Gasteiger partial charge in [0.2, 0.25) is 15.9 Å². The lowest BCUT2D eigenvalue weighted by molar-refractivity contribution is -0.125. The van der Waals surface area contributed by atoms with Crippen molar-refractivity contribution < 1.29 is 13.2 Å². The molecule has 2 rings (SSSR count). The zero-order chi connectivity index (χ0) is 17.6. The third-order valence-electron chi connectivity index (χ3n) is 4.07. The van der Waals surface area contributed by atoms with Gasteiger partial charge >= 0.3 is 0 Å². The van der Waals surface area contributed by atoms with Crippen molar-refractivity contribution in [2.75, 3.05) is 31.1 Å². The molecule has 0 unspecified atom stereocenters. The second-order valence-corrected chi connectivity index (χ2v) is 9.53. The number of carbonyl (C=O) groups is 1. The second-order valence-electron chi connectivity index (χ2n) is 5.67. The molecule has 0 aromatic heterocycles. The molecule has 1 amide bonds. The van der Waals surface area contributed by atoms with Gasteiger partial charge in [-0.2, -0.15) is 0 Å². The first kappa shape index (κ1) is 19.6. The van der Waals surface area contributed by atoms with Crippen LogP contribution in [0.2, 0.25) is 5.02 Å². The summed E-state index contributed by atoms with van der Waals surface area (Å²) in [5.41, 5.74) is 0. The van der Waals surface area contributed by atoms with Crippen LogP contribution in [0.15, 0.2) is 29.2 Å². The summed E-state index contributed by atoms with van der Waals surface area (Å²) in [4.78, 5) is 13.3. The molecule has 0 radical (unpaired) electrons. The minimum absolute atomic E-state index is 0.0280. The summed E-state index contributed by atoms with van der Waals surface area (Å²) in [6.45, 7) is 3.12. The lowest BCUT2D eigenvalue weighted by Crippen LogP contribution is -2.43. The molecular formula is C16H23ClN2O3S2. The van der Waals surface area contributed by atoms with Gasteiger partial charge in [0.25, 0.3) is 0 Å². The maximum atomic E-state index is 12.2. The first-order chi connectivity index (χ1) is 11.4. The molecule has 24 heavy (non-hydrogen) atoms. The molecular weight excluding hydrogens is 368 g/mol. The largest absolute Gasteiger partial charge is 0.355 e. The molecule has 0 atom stereocenters. The van der Waals surface area contributed by atoms with E-state index in [1.807, 2.05) is 24.3 Å². The van der Waals surface area contributed by atoms with Gasteiger partial charge in [0.05, 0.1) is 5.75 Å². The monoisotopic (exact) mass is 390 g/mol. The number of benzene rings is 1. The number of sulfonamides is 1. The summed E-state index contributed by atoms with van der Waals surface area (Å²) in [5, 5.41) is 3.66. The van der Waals surface area contributed by atoms with Crippen LogP contribution in [0, 0.1) is 5.92 Å². The molecule has 0 saturated carbocycles. The van der Waals surface area contributed by atoms with E-state index in [0.717, 1.165) is 10.6 Å². The minimum atomic E-state index is -3.14. The van der Waals surface area contributed by atoms with Crippen LogP contribution < -0.4 is 5.32 Å².